The minimum atomic E-state index is -4.99. The lowest BCUT2D eigenvalue weighted by molar-refractivity contribution is -0.0530. The van der Waals surface area contributed by atoms with Crippen molar-refractivity contribution < 1.29 is 46.4 Å². The highest BCUT2D eigenvalue weighted by Crippen LogP contribution is 2.58. The molecule has 2 bridgehead atoms. The third kappa shape index (κ3) is 5.81. The van der Waals surface area contributed by atoms with E-state index in [4.69, 9.17) is 28.6 Å². The molecule has 0 radical (unpaired) electrons. The van der Waals surface area contributed by atoms with Gasteiger partial charge in [-0.15, -0.1) is 0 Å². The number of alkyl halides is 1. The summed E-state index contributed by atoms with van der Waals surface area (Å²) >= 11 is 3.97. The van der Waals surface area contributed by atoms with Crippen molar-refractivity contribution in [2.24, 2.45) is 5.92 Å². The molecule has 6 N–H and O–H groups in total. The predicted octanol–water partition coefficient (Wildman–Crippen LogP) is -0.0607. The van der Waals surface area contributed by atoms with E-state index >= 15 is 4.39 Å². The molecule has 228 valence electrons. The smallest absolute Gasteiger partial charge is 0.387 e. The maximum Gasteiger partial charge on any atom is 0.472 e. The molecule has 0 aromatic carbocycles. The summed E-state index contributed by atoms with van der Waals surface area (Å²) in [6, 6.07) is -0.977. The number of aromatic nitrogens is 7. The van der Waals surface area contributed by atoms with Gasteiger partial charge in [-0.05, 0) is 6.42 Å². The Morgan fingerprint density at radius 2 is 1.93 bits per heavy atom. The van der Waals surface area contributed by atoms with Gasteiger partial charge in [-0.1, -0.05) is 12.2 Å². The van der Waals surface area contributed by atoms with Crippen molar-refractivity contribution in [2.75, 3.05) is 24.3 Å². The number of halogens is 1. The normalized spacial score (nSPS) is 39.2. The number of thiol groups is 1. The summed E-state index contributed by atoms with van der Waals surface area (Å²) < 4.78 is 70.2. The lowest BCUT2D eigenvalue weighted by atomic mass is 10.1. The number of H-pyrrole nitrogens is 1. The number of hydrogen-bond acceptors (Lipinski definition) is 16. The first-order valence-electron chi connectivity index (χ1n) is 12.3. The first-order valence-corrected chi connectivity index (χ1v) is 16.5. The number of phosphoric acid groups is 1. The van der Waals surface area contributed by atoms with Crippen LogP contribution in [0.2, 0.25) is 0 Å². The van der Waals surface area contributed by atoms with Crippen molar-refractivity contribution in [3.8, 4) is 0 Å². The number of phosphoric ester groups is 1. The molecule has 1 aliphatic carbocycles. The highest BCUT2D eigenvalue weighted by Gasteiger charge is 2.53. The number of nitrogens with two attached hydrogens (primary N) is 1. The lowest BCUT2D eigenvalue weighted by Gasteiger charge is -2.26. The van der Waals surface area contributed by atoms with Gasteiger partial charge >= 0.3 is 14.6 Å². The molecule has 2 aliphatic heterocycles. The molecular weight excluding hydrogens is 627 g/mol. The molecule has 23 heteroatoms. The van der Waals surface area contributed by atoms with E-state index in [1.165, 1.54) is 12.7 Å². The van der Waals surface area contributed by atoms with Gasteiger partial charge < -0.3 is 25.8 Å². The largest absolute Gasteiger partial charge is 0.472 e. The van der Waals surface area contributed by atoms with Gasteiger partial charge in [-0.25, -0.2) is 33.5 Å². The molecule has 3 aromatic heterocycles. The number of fused-ring (bicyclic) bond motifs is 4. The van der Waals surface area contributed by atoms with Crippen LogP contribution in [0.5, 0.6) is 0 Å². The molecule has 3 fully saturated rings. The van der Waals surface area contributed by atoms with Crippen LogP contribution in [0.15, 0.2) is 23.8 Å². The van der Waals surface area contributed by atoms with Gasteiger partial charge in [-0.2, -0.15) is 4.98 Å². The van der Waals surface area contributed by atoms with E-state index < -0.39 is 82.2 Å². The van der Waals surface area contributed by atoms with Crippen LogP contribution in [0.4, 0.5) is 16.3 Å². The van der Waals surface area contributed by atoms with Gasteiger partial charge in [0.1, 0.15) is 43.2 Å². The van der Waals surface area contributed by atoms with Gasteiger partial charge in [0.05, 0.1) is 25.6 Å². The second kappa shape index (κ2) is 11.2. The van der Waals surface area contributed by atoms with Crippen LogP contribution in [-0.2, 0) is 32.0 Å². The van der Waals surface area contributed by atoms with Crippen LogP contribution in [0.25, 0.3) is 11.2 Å². The summed E-state index contributed by atoms with van der Waals surface area (Å²) in [6.45, 7) is -5.54. The number of aliphatic hydroxyl groups is 1. The fraction of sp³-hybridized carbons (Fsp3) is 0.579. The molecule has 2 saturated heterocycles. The fourth-order valence-electron chi connectivity index (χ4n) is 5.05. The van der Waals surface area contributed by atoms with E-state index in [0.717, 1.165) is 10.9 Å². The Morgan fingerprint density at radius 3 is 2.69 bits per heavy atom. The van der Waals surface area contributed by atoms with Crippen molar-refractivity contribution in [1.29, 1.82) is 0 Å². The summed E-state index contributed by atoms with van der Waals surface area (Å²) in [4.78, 5) is 44.6. The van der Waals surface area contributed by atoms with E-state index in [1.54, 1.807) is 0 Å². The molecule has 0 spiro atoms. The Hall–Kier alpha value is -2.58. The first kappa shape index (κ1) is 29.5. The molecule has 10 atom stereocenters. The number of nitrogen functional groups attached to an aromatic ring is 1. The zero-order valence-electron chi connectivity index (χ0n) is 21.1. The van der Waals surface area contributed by atoms with Crippen molar-refractivity contribution in [3.05, 3.63) is 29.3 Å². The van der Waals surface area contributed by atoms with E-state index in [1.807, 2.05) is 0 Å². The van der Waals surface area contributed by atoms with E-state index in [2.05, 4.69) is 47.5 Å². The number of hydrogen-bond donors (Lipinski definition) is 6. The molecule has 5 heterocycles. The summed E-state index contributed by atoms with van der Waals surface area (Å²) in [5.41, 5.74) is 4.77. The van der Waals surface area contributed by atoms with Gasteiger partial charge in [0.2, 0.25) is 11.9 Å². The van der Waals surface area contributed by atoms with Crippen LogP contribution in [0, 0.1) is 5.92 Å². The number of ether oxygens (including phenoxy) is 1. The highest BCUT2D eigenvalue weighted by atomic mass is 32.7. The molecule has 2 unspecified atom stereocenters. The van der Waals surface area contributed by atoms with Crippen LogP contribution in [0.1, 0.15) is 12.6 Å². The Morgan fingerprint density at radius 1 is 1.17 bits per heavy atom. The Labute approximate surface area is 239 Å². The van der Waals surface area contributed by atoms with Crippen LogP contribution in [0.3, 0.4) is 0 Å². The lowest BCUT2D eigenvalue weighted by Crippen LogP contribution is -2.35. The monoisotopic (exact) mass is 651 g/mol. The maximum atomic E-state index is 15.6. The number of aliphatic hydroxyl groups excluding tert-OH is 1. The standard InChI is InChI=1S/C19H24FN9O10P2S/c20-10-8(26-19-23-4-22-5-24-19)1-7-2-35-40(32,33)38-14-12(30)9(3-36-41(34,42)39-13(7)10)37-17(14)29-6-25-11-15(29)27-18(21)28-16(11)31/h4-10,12-14,17,30H,1-3H2,(H,32,33)(H,34,42)(H3,21,27,28,31)(H,22,23,24,26)/t7-,8-,9-,10+,12-,13-,14-,17-,41?/m1/s1. The molecular formula is C19H24FN9O10P2S. The summed E-state index contributed by atoms with van der Waals surface area (Å²) in [6.07, 6.45) is -5.85. The summed E-state index contributed by atoms with van der Waals surface area (Å²) in [5, 5.41) is 13.8. The van der Waals surface area contributed by atoms with E-state index in [0.29, 0.717) is 0 Å². The van der Waals surface area contributed by atoms with Crippen molar-refractivity contribution >= 4 is 49.9 Å². The minimum Gasteiger partial charge on any atom is -0.387 e. The van der Waals surface area contributed by atoms with Gasteiger partial charge in [-0.3, -0.25) is 32.4 Å². The predicted molar refractivity (Wildman–Crippen MR) is 141 cm³/mol. The number of nitrogens with one attached hydrogen (secondary N) is 2. The zero-order valence-corrected chi connectivity index (χ0v) is 23.8. The van der Waals surface area contributed by atoms with E-state index in [9.17, 15) is 23.9 Å². The van der Waals surface area contributed by atoms with Crippen LogP contribution >= 0.6 is 26.9 Å². The third-order valence-electron chi connectivity index (χ3n) is 6.93. The average molecular weight is 651 g/mol. The van der Waals surface area contributed by atoms with Crippen molar-refractivity contribution in [3.63, 3.8) is 0 Å². The van der Waals surface area contributed by atoms with Gasteiger partial charge in [0.15, 0.2) is 17.4 Å². The topological polar surface area (TPSA) is 261 Å². The quantitative estimate of drug-likeness (QED) is 0.160. The minimum absolute atomic E-state index is 0.0334. The number of nitrogens with zero attached hydrogens (tertiary/aromatic N) is 6. The first-order chi connectivity index (χ1) is 19.9. The fourth-order valence-corrected chi connectivity index (χ4v) is 7.55. The number of aromatic amines is 1. The maximum absolute atomic E-state index is 15.6. The molecule has 6 rings (SSSR count). The zero-order chi connectivity index (χ0) is 29.8. The summed E-state index contributed by atoms with van der Waals surface area (Å²) in [7, 11) is -4.99. The third-order valence-corrected chi connectivity index (χ3v) is 9.53. The van der Waals surface area contributed by atoms with E-state index in [-0.39, 0.29) is 29.5 Å². The molecule has 19 nitrogen and oxygen atoms in total. The Kier molecular flexibility index (Phi) is 7.84. The average Bonchev–Trinajstić information content (AvgIpc) is 3.57. The van der Waals surface area contributed by atoms with Crippen LogP contribution < -0.4 is 16.6 Å². The Balaban J connectivity index is 1.29. The number of anilines is 2. The molecule has 3 aliphatic rings. The SMILES string of the molecule is Nc1nc2c(ncn2[C@@H]2O[C@@H]3COP(=O)(S)O[C@@H]4[C@@H](COP(=O)(O)O[C@@H]2[C@@H]3O)C[C@@H](Nc2ncncn2)[C@@H]4F)c(=O)[nH]1. The number of rotatable bonds is 3. The number of imidazole rings is 1. The molecule has 3 aromatic rings. The van der Waals surface area contributed by atoms with Gasteiger partial charge in [0.25, 0.3) is 5.56 Å². The van der Waals surface area contributed by atoms with Crippen LogP contribution in [-0.4, -0.2) is 94.3 Å². The Bertz CT molecular complexity index is 1620. The van der Waals surface area contributed by atoms with Gasteiger partial charge in [0, 0.05) is 5.92 Å². The molecule has 1 saturated carbocycles. The van der Waals surface area contributed by atoms with Crippen molar-refractivity contribution in [1.82, 2.24) is 34.5 Å². The second-order valence-corrected chi connectivity index (χ2v) is 13.9. The molecule has 0 amide bonds. The van der Waals surface area contributed by atoms with Crippen molar-refractivity contribution in [2.45, 2.75) is 49.3 Å². The second-order valence-electron chi connectivity index (χ2n) is 9.65. The molecule has 42 heavy (non-hydrogen) atoms. The highest BCUT2D eigenvalue weighted by molar-refractivity contribution is 8.44. The summed E-state index contributed by atoms with van der Waals surface area (Å²) in [5.74, 6) is -1.14.